The zero-order valence-corrected chi connectivity index (χ0v) is 12.3. The van der Waals surface area contributed by atoms with Crippen LogP contribution < -0.4 is 4.74 Å². The van der Waals surface area contributed by atoms with E-state index in [9.17, 15) is 9.18 Å². The van der Waals surface area contributed by atoms with Crippen LogP contribution in [0.5, 0.6) is 5.75 Å². The molecule has 0 atom stereocenters. The smallest absolute Gasteiger partial charge is 0.176 e. The third kappa shape index (κ3) is 4.99. The Morgan fingerprint density at radius 1 is 1.37 bits per heavy atom. The molecule has 0 heterocycles. The first-order valence-electron chi connectivity index (χ1n) is 6.28. The van der Waals surface area contributed by atoms with Crippen LogP contribution in [0.4, 0.5) is 4.39 Å². The molecule has 19 heavy (non-hydrogen) atoms. The van der Waals surface area contributed by atoms with E-state index >= 15 is 0 Å². The molecule has 4 heteroatoms. The highest BCUT2D eigenvalue weighted by Gasteiger charge is 2.17. The van der Waals surface area contributed by atoms with Gasteiger partial charge in [-0.25, -0.2) is 4.39 Å². The van der Waals surface area contributed by atoms with Crippen molar-refractivity contribution in [3.05, 3.63) is 29.6 Å². The minimum Gasteiger partial charge on any atom is -0.494 e. The molecular formula is C15H22FNO2. The number of carbonyl (C=O) groups excluding carboxylic acids is 1. The Bertz CT molecular complexity index is 452. The number of halogens is 1. The number of Topliss-reactive ketones (excluding diaryl/α,β-unsaturated/α-hetero) is 1. The van der Waals surface area contributed by atoms with Gasteiger partial charge in [-0.05, 0) is 30.7 Å². The molecule has 1 rings (SSSR count). The lowest BCUT2D eigenvalue weighted by molar-refractivity contribution is 0.0926. The Labute approximate surface area is 114 Å². The van der Waals surface area contributed by atoms with Gasteiger partial charge in [0.1, 0.15) is 0 Å². The summed E-state index contributed by atoms with van der Waals surface area (Å²) in [7, 11) is 3.29. The van der Waals surface area contributed by atoms with Gasteiger partial charge < -0.3 is 4.74 Å². The number of methoxy groups -OCH3 is 1. The maximum Gasteiger partial charge on any atom is 0.176 e. The molecule has 0 aromatic heterocycles. The predicted molar refractivity (Wildman–Crippen MR) is 74.2 cm³/mol. The van der Waals surface area contributed by atoms with E-state index in [4.69, 9.17) is 4.74 Å². The van der Waals surface area contributed by atoms with E-state index in [1.54, 1.807) is 6.07 Å². The molecule has 0 spiro atoms. The van der Waals surface area contributed by atoms with Crippen LogP contribution >= 0.6 is 0 Å². The fourth-order valence-corrected chi connectivity index (χ4v) is 2.04. The summed E-state index contributed by atoms with van der Waals surface area (Å²) in [6.07, 6.45) is 0. The second kappa shape index (κ2) is 6.15. The zero-order chi connectivity index (χ0) is 14.6. The quantitative estimate of drug-likeness (QED) is 0.768. The van der Waals surface area contributed by atoms with Gasteiger partial charge in [-0.3, -0.25) is 9.69 Å². The van der Waals surface area contributed by atoms with Crippen molar-refractivity contribution < 1.29 is 13.9 Å². The summed E-state index contributed by atoms with van der Waals surface area (Å²) >= 11 is 0. The highest BCUT2D eigenvalue weighted by Crippen LogP contribution is 2.19. The molecule has 3 nitrogen and oxygen atoms in total. The van der Waals surface area contributed by atoms with Crippen LogP contribution in [0.1, 0.15) is 31.1 Å². The standard InChI is InChI=1S/C15H22FNO2/c1-15(2,3)10-17(4)9-13(18)11-6-7-14(19-5)12(16)8-11/h6-8H,9-10H2,1-5H3. The van der Waals surface area contributed by atoms with Crippen LogP contribution in [-0.4, -0.2) is 37.9 Å². The summed E-state index contributed by atoms with van der Waals surface area (Å²) in [5, 5.41) is 0. The van der Waals surface area contributed by atoms with Crippen molar-refractivity contribution in [3.63, 3.8) is 0 Å². The Kier molecular flexibility index (Phi) is 5.06. The monoisotopic (exact) mass is 267 g/mol. The third-order valence-electron chi connectivity index (χ3n) is 2.63. The van der Waals surface area contributed by atoms with Crippen molar-refractivity contribution in [1.29, 1.82) is 0 Å². The number of ketones is 1. The van der Waals surface area contributed by atoms with E-state index in [0.29, 0.717) is 5.56 Å². The van der Waals surface area contributed by atoms with Gasteiger partial charge >= 0.3 is 0 Å². The molecule has 0 aliphatic heterocycles. The molecule has 106 valence electrons. The lowest BCUT2D eigenvalue weighted by Gasteiger charge is -2.25. The predicted octanol–water partition coefficient (Wildman–Crippen LogP) is 2.99. The van der Waals surface area contributed by atoms with Gasteiger partial charge in [0.15, 0.2) is 17.3 Å². The summed E-state index contributed by atoms with van der Waals surface area (Å²) in [6.45, 7) is 7.42. The van der Waals surface area contributed by atoms with Crippen LogP contribution in [0, 0.1) is 11.2 Å². The number of hydrogen-bond donors (Lipinski definition) is 0. The van der Waals surface area contributed by atoms with Crippen LogP contribution in [0.15, 0.2) is 18.2 Å². The van der Waals surface area contributed by atoms with Gasteiger partial charge in [-0.15, -0.1) is 0 Å². The van der Waals surface area contributed by atoms with Crippen LogP contribution in [0.3, 0.4) is 0 Å². The van der Waals surface area contributed by atoms with Crippen LogP contribution in [0.2, 0.25) is 0 Å². The number of ether oxygens (including phenoxy) is 1. The number of carbonyl (C=O) groups is 1. The van der Waals surface area contributed by atoms with Crippen LogP contribution in [0.25, 0.3) is 0 Å². The number of hydrogen-bond acceptors (Lipinski definition) is 3. The molecule has 0 aliphatic carbocycles. The summed E-state index contributed by atoms with van der Waals surface area (Å²) in [5.41, 5.74) is 0.499. The van der Waals surface area contributed by atoms with Gasteiger partial charge in [0.25, 0.3) is 0 Å². The van der Waals surface area contributed by atoms with Crippen molar-refractivity contribution in [3.8, 4) is 5.75 Å². The summed E-state index contributed by atoms with van der Waals surface area (Å²) in [4.78, 5) is 14.0. The molecule has 0 N–H and O–H groups in total. The first kappa shape index (κ1) is 15.6. The van der Waals surface area contributed by atoms with E-state index in [0.717, 1.165) is 6.54 Å². The molecule has 1 aromatic carbocycles. The van der Waals surface area contributed by atoms with Gasteiger partial charge in [-0.2, -0.15) is 0 Å². The molecule has 0 amide bonds. The molecule has 0 aliphatic rings. The Morgan fingerprint density at radius 2 is 2.00 bits per heavy atom. The first-order valence-corrected chi connectivity index (χ1v) is 6.28. The lowest BCUT2D eigenvalue weighted by atomic mass is 9.96. The summed E-state index contributed by atoms with van der Waals surface area (Å²) in [6, 6.07) is 4.30. The number of benzene rings is 1. The van der Waals surface area contributed by atoms with Gasteiger partial charge in [0, 0.05) is 12.1 Å². The van der Waals surface area contributed by atoms with E-state index in [1.165, 1.54) is 19.2 Å². The molecule has 0 bridgehead atoms. The average molecular weight is 267 g/mol. The Morgan fingerprint density at radius 3 is 2.47 bits per heavy atom. The average Bonchev–Trinajstić information content (AvgIpc) is 2.26. The van der Waals surface area contributed by atoms with E-state index in [2.05, 4.69) is 20.8 Å². The summed E-state index contributed by atoms with van der Waals surface area (Å²) < 4.78 is 18.4. The number of rotatable bonds is 5. The SMILES string of the molecule is COc1ccc(C(=O)CN(C)CC(C)(C)C)cc1F. The second-order valence-electron chi connectivity index (χ2n) is 6.01. The highest BCUT2D eigenvalue weighted by atomic mass is 19.1. The molecular weight excluding hydrogens is 245 g/mol. The van der Waals surface area contributed by atoms with E-state index in [-0.39, 0.29) is 23.5 Å². The minimum atomic E-state index is -0.508. The first-order chi connectivity index (χ1) is 8.73. The topological polar surface area (TPSA) is 29.5 Å². The Hall–Kier alpha value is -1.42. The zero-order valence-electron chi connectivity index (χ0n) is 12.3. The molecule has 0 saturated heterocycles. The number of nitrogens with zero attached hydrogens (tertiary/aromatic N) is 1. The minimum absolute atomic E-state index is 0.0895. The van der Waals surface area contributed by atoms with Gasteiger partial charge in [-0.1, -0.05) is 20.8 Å². The fraction of sp³-hybridized carbons (Fsp3) is 0.533. The van der Waals surface area contributed by atoms with Crippen molar-refractivity contribution in [1.82, 2.24) is 4.90 Å². The van der Waals surface area contributed by atoms with Crippen molar-refractivity contribution >= 4 is 5.78 Å². The van der Waals surface area contributed by atoms with Crippen molar-refractivity contribution in [2.45, 2.75) is 20.8 Å². The summed E-state index contributed by atoms with van der Waals surface area (Å²) in [5.74, 6) is -0.445. The maximum absolute atomic E-state index is 13.5. The van der Waals surface area contributed by atoms with Gasteiger partial charge in [0.2, 0.25) is 0 Å². The molecule has 0 saturated carbocycles. The van der Waals surface area contributed by atoms with Crippen molar-refractivity contribution in [2.24, 2.45) is 5.41 Å². The van der Waals surface area contributed by atoms with Crippen molar-refractivity contribution in [2.75, 3.05) is 27.2 Å². The molecule has 0 fully saturated rings. The largest absolute Gasteiger partial charge is 0.494 e. The Balaban J connectivity index is 2.71. The van der Waals surface area contributed by atoms with Gasteiger partial charge in [0.05, 0.1) is 13.7 Å². The molecule has 0 unspecified atom stereocenters. The molecule has 0 radical (unpaired) electrons. The maximum atomic E-state index is 13.5. The normalized spacial score (nSPS) is 11.7. The third-order valence-corrected chi connectivity index (χ3v) is 2.63. The number of likely N-dealkylation sites (N-methyl/N-ethyl adjacent to an activating group) is 1. The van der Waals surface area contributed by atoms with E-state index in [1.807, 2.05) is 11.9 Å². The highest BCUT2D eigenvalue weighted by molar-refractivity contribution is 5.97. The fourth-order valence-electron chi connectivity index (χ4n) is 2.04. The molecule has 1 aromatic rings. The van der Waals surface area contributed by atoms with E-state index < -0.39 is 5.82 Å². The second-order valence-corrected chi connectivity index (χ2v) is 6.01. The van der Waals surface area contributed by atoms with Crippen LogP contribution in [-0.2, 0) is 0 Å². The lowest BCUT2D eigenvalue weighted by Crippen LogP contribution is -2.33.